The first-order chi connectivity index (χ1) is 11.7. The minimum atomic E-state index is -0.262. The second kappa shape index (κ2) is 11.7. The lowest BCUT2D eigenvalue weighted by Gasteiger charge is -2.21. The SMILES string of the molecule is CCNC(=O)c1ccc(CNC(=NC)NCC(=O)NC(C)(C)C)cc1.I. The van der Waals surface area contributed by atoms with Crippen molar-refractivity contribution in [3.05, 3.63) is 35.4 Å². The molecule has 0 bridgehead atoms. The van der Waals surface area contributed by atoms with Crippen LogP contribution in [0.1, 0.15) is 43.6 Å². The molecule has 0 saturated carbocycles. The van der Waals surface area contributed by atoms with E-state index >= 15 is 0 Å². The zero-order chi connectivity index (χ0) is 18.9. The van der Waals surface area contributed by atoms with Crippen LogP contribution in [0.3, 0.4) is 0 Å². The van der Waals surface area contributed by atoms with E-state index in [1.807, 2.05) is 39.8 Å². The molecule has 0 aromatic heterocycles. The third kappa shape index (κ3) is 9.59. The number of benzene rings is 1. The molecule has 8 heteroatoms. The average Bonchev–Trinajstić information content (AvgIpc) is 2.54. The molecule has 7 nitrogen and oxygen atoms in total. The number of nitrogens with zero attached hydrogens (tertiary/aromatic N) is 1. The Morgan fingerprint density at radius 3 is 2.15 bits per heavy atom. The second-order valence-corrected chi connectivity index (χ2v) is 6.63. The van der Waals surface area contributed by atoms with Crippen LogP contribution in [0.4, 0.5) is 0 Å². The van der Waals surface area contributed by atoms with Crippen molar-refractivity contribution >= 4 is 41.8 Å². The van der Waals surface area contributed by atoms with E-state index in [-0.39, 0.29) is 47.9 Å². The van der Waals surface area contributed by atoms with Gasteiger partial charge in [-0.3, -0.25) is 14.6 Å². The van der Waals surface area contributed by atoms with Crippen LogP contribution in [0.25, 0.3) is 0 Å². The predicted octanol–water partition coefficient (Wildman–Crippen LogP) is 1.63. The Labute approximate surface area is 172 Å². The summed E-state index contributed by atoms with van der Waals surface area (Å²) in [5.41, 5.74) is 1.38. The van der Waals surface area contributed by atoms with Crippen LogP contribution in [0.5, 0.6) is 0 Å². The Kier molecular flexibility index (Phi) is 10.9. The third-order valence-corrected chi connectivity index (χ3v) is 3.17. The molecule has 2 amide bonds. The number of carbonyl (C=O) groups is 2. The molecular weight excluding hydrogens is 445 g/mol. The quantitative estimate of drug-likeness (QED) is 0.286. The Morgan fingerprint density at radius 2 is 1.65 bits per heavy atom. The van der Waals surface area contributed by atoms with Crippen LogP contribution < -0.4 is 21.3 Å². The van der Waals surface area contributed by atoms with Gasteiger partial charge < -0.3 is 21.3 Å². The fourth-order valence-corrected chi connectivity index (χ4v) is 2.07. The number of nitrogens with one attached hydrogen (secondary N) is 4. The standard InChI is InChI=1S/C18H29N5O2.HI/c1-6-20-16(25)14-9-7-13(8-10-14)11-21-17(19-5)22-12-15(24)23-18(2,3)4;/h7-10H,6,11-12H2,1-5H3,(H,20,25)(H,23,24)(H2,19,21,22);1H. The smallest absolute Gasteiger partial charge is 0.251 e. The van der Waals surface area contributed by atoms with Crippen molar-refractivity contribution in [3.8, 4) is 0 Å². The van der Waals surface area contributed by atoms with Crippen molar-refractivity contribution in [3.63, 3.8) is 0 Å². The van der Waals surface area contributed by atoms with Gasteiger partial charge in [0.15, 0.2) is 5.96 Å². The van der Waals surface area contributed by atoms with E-state index in [2.05, 4.69) is 26.3 Å². The Hall–Kier alpha value is -1.84. The number of halogens is 1. The molecule has 0 heterocycles. The van der Waals surface area contributed by atoms with Crippen LogP contribution in [0, 0.1) is 0 Å². The molecular formula is C18H30IN5O2. The van der Waals surface area contributed by atoms with E-state index in [0.29, 0.717) is 24.6 Å². The molecule has 0 aliphatic heterocycles. The Balaban J connectivity index is 0.00000625. The fraction of sp³-hybridized carbons (Fsp3) is 0.500. The highest BCUT2D eigenvalue weighted by Crippen LogP contribution is 2.04. The molecule has 0 radical (unpaired) electrons. The van der Waals surface area contributed by atoms with E-state index in [0.717, 1.165) is 5.56 Å². The number of aliphatic imine (C=N–C) groups is 1. The summed E-state index contributed by atoms with van der Waals surface area (Å²) in [5, 5.41) is 11.7. The van der Waals surface area contributed by atoms with E-state index in [1.54, 1.807) is 19.2 Å². The summed E-state index contributed by atoms with van der Waals surface area (Å²) in [6, 6.07) is 7.35. The molecule has 1 rings (SSSR count). The van der Waals surface area contributed by atoms with Crippen LogP contribution >= 0.6 is 24.0 Å². The van der Waals surface area contributed by atoms with Crippen LogP contribution in [0.15, 0.2) is 29.3 Å². The molecule has 0 atom stereocenters. The van der Waals surface area contributed by atoms with Crippen molar-refractivity contribution in [1.29, 1.82) is 0 Å². The number of carbonyl (C=O) groups excluding carboxylic acids is 2. The molecule has 26 heavy (non-hydrogen) atoms. The summed E-state index contributed by atoms with van der Waals surface area (Å²) in [4.78, 5) is 27.6. The molecule has 0 aliphatic rings. The molecule has 0 unspecified atom stereocenters. The van der Waals surface area contributed by atoms with Crippen molar-refractivity contribution in [1.82, 2.24) is 21.3 Å². The number of guanidine groups is 1. The van der Waals surface area contributed by atoms with Gasteiger partial charge in [-0.25, -0.2) is 0 Å². The monoisotopic (exact) mass is 475 g/mol. The lowest BCUT2D eigenvalue weighted by molar-refractivity contribution is -0.121. The predicted molar refractivity (Wildman–Crippen MR) is 116 cm³/mol. The van der Waals surface area contributed by atoms with Crippen molar-refractivity contribution in [2.45, 2.75) is 39.8 Å². The normalized spacial score (nSPS) is 11.2. The molecule has 1 aromatic carbocycles. The first kappa shape index (κ1) is 24.2. The maximum atomic E-state index is 11.8. The Bertz CT molecular complexity index is 609. The molecule has 4 N–H and O–H groups in total. The summed E-state index contributed by atoms with van der Waals surface area (Å²) in [5.74, 6) is 0.364. The number of hydrogen-bond donors (Lipinski definition) is 4. The third-order valence-electron chi connectivity index (χ3n) is 3.17. The summed E-state index contributed by atoms with van der Waals surface area (Å²) < 4.78 is 0. The minimum absolute atomic E-state index is 0. The Morgan fingerprint density at radius 1 is 1.04 bits per heavy atom. The second-order valence-electron chi connectivity index (χ2n) is 6.63. The highest BCUT2D eigenvalue weighted by Gasteiger charge is 2.13. The zero-order valence-corrected chi connectivity index (χ0v) is 18.4. The minimum Gasteiger partial charge on any atom is -0.352 e. The van der Waals surface area contributed by atoms with Gasteiger partial charge in [-0.1, -0.05) is 12.1 Å². The van der Waals surface area contributed by atoms with Gasteiger partial charge in [-0.15, -0.1) is 24.0 Å². The molecule has 1 aromatic rings. The summed E-state index contributed by atoms with van der Waals surface area (Å²) in [6.07, 6.45) is 0. The lowest BCUT2D eigenvalue weighted by Crippen LogP contribution is -2.48. The van der Waals surface area contributed by atoms with Crippen molar-refractivity contribution in [2.24, 2.45) is 4.99 Å². The summed E-state index contributed by atoms with van der Waals surface area (Å²) >= 11 is 0. The van der Waals surface area contributed by atoms with Gasteiger partial charge in [0.1, 0.15) is 0 Å². The van der Waals surface area contributed by atoms with E-state index in [4.69, 9.17) is 0 Å². The number of hydrogen-bond acceptors (Lipinski definition) is 3. The van der Waals surface area contributed by atoms with E-state index in [9.17, 15) is 9.59 Å². The van der Waals surface area contributed by atoms with Crippen molar-refractivity contribution in [2.75, 3.05) is 20.1 Å². The first-order valence-electron chi connectivity index (χ1n) is 8.38. The highest BCUT2D eigenvalue weighted by molar-refractivity contribution is 14.0. The van der Waals surface area contributed by atoms with Gasteiger partial charge in [0, 0.05) is 31.2 Å². The largest absolute Gasteiger partial charge is 0.352 e. The van der Waals surface area contributed by atoms with Crippen LogP contribution in [-0.4, -0.2) is 43.5 Å². The lowest BCUT2D eigenvalue weighted by atomic mass is 10.1. The van der Waals surface area contributed by atoms with Gasteiger partial charge in [0.25, 0.3) is 5.91 Å². The maximum absolute atomic E-state index is 11.8. The van der Waals surface area contributed by atoms with Gasteiger partial charge in [0.05, 0.1) is 6.54 Å². The van der Waals surface area contributed by atoms with E-state index < -0.39 is 0 Å². The first-order valence-corrected chi connectivity index (χ1v) is 8.38. The summed E-state index contributed by atoms with van der Waals surface area (Å²) in [7, 11) is 1.65. The molecule has 0 spiro atoms. The number of rotatable bonds is 6. The zero-order valence-electron chi connectivity index (χ0n) is 16.1. The van der Waals surface area contributed by atoms with Crippen LogP contribution in [-0.2, 0) is 11.3 Å². The maximum Gasteiger partial charge on any atom is 0.251 e. The van der Waals surface area contributed by atoms with Crippen LogP contribution in [0.2, 0.25) is 0 Å². The fourth-order valence-electron chi connectivity index (χ4n) is 2.07. The van der Waals surface area contributed by atoms with Gasteiger partial charge in [0.2, 0.25) is 5.91 Å². The molecule has 0 aliphatic carbocycles. The molecule has 146 valence electrons. The van der Waals surface area contributed by atoms with Gasteiger partial charge in [-0.05, 0) is 45.4 Å². The number of amides is 2. The van der Waals surface area contributed by atoms with Crippen molar-refractivity contribution < 1.29 is 9.59 Å². The van der Waals surface area contributed by atoms with E-state index in [1.165, 1.54) is 0 Å². The molecule has 0 fully saturated rings. The van der Waals surface area contributed by atoms with Gasteiger partial charge >= 0.3 is 0 Å². The average molecular weight is 475 g/mol. The highest BCUT2D eigenvalue weighted by atomic mass is 127. The topological polar surface area (TPSA) is 94.6 Å². The summed E-state index contributed by atoms with van der Waals surface area (Å²) in [6.45, 7) is 8.97. The molecule has 0 saturated heterocycles. The van der Waals surface area contributed by atoms with Gasteiger partial charge in [-0.2, -0.15) is 0 Å².